The second-order valence-corrected chi connectivity index (χ2v) is 4.77. The van der Waals surface area contributed by atoms with E-state index in [-0.39, 0.29) is 12.5 Å². The van der Waals surface area contributed by atoms with E-state index in [0.29, 0.717) is 23.8 Å². The molecule has 0 saturated carbocycles. The number of benzene rings is 2. The highest BCUT2D eigenvalue weighted by atomic mass is 16.6. The first kappa shape index (κ1) is 17.3. The first-order valence-electron chi connectivity index (χ1n) is 7.54. The van der Waals surface area contributed by atoms with Crippen LogP contribution in [0.1, 0.15) is 12.5 Å². The number of oxime groups is 1. The minimum absolute atomic E-state index is 0.167. The molecule has 1 amide bonds. The first-order chi connectivity index (χ1) is 11.7. The van der Waals surface area contributed by atoms with Crippen LogP contribution in [0.3, 0.4) is 0 Å². The Labute approximate surface area is 141 Å². The number of ether oxygens (including phenoxy) is 2. The number of nitrogens with one attached hydrogen (secondary N) is 1. The highest BCUT2D eigenvalue weighted by Gasteiger charge is 2.04. The van der Waals surface area contributed by atoms with Gasteiger partial charge in [0.1, 0.15) is 0 Å². The predicted octanol–water partition coefficient (Wildman–Crippen LogP) is 3.08. The number of carbonyl (C=O) groups is 1. The van der Waals surface area contributed by atoms with Crippen LogP contribution in [0.2, 0.25) is 0 Å². The van der Waals surface area contributed by atoms with Crippen molar-refractivity contribution in [3.63, 3.8) is 0 Å². The van der Waals surface area contributed by atoms with Crippen molar-refractivity contribution in [2.45, 2.75) is 6.92 Å². The zero-order valence-corrected chi connectivity index (χ0v) is 13.7. The number of nitrogens with zero attached hydrogens (tertiary/aromatic N) is 1. The SMILES string of the molecule is CCOc1ccc(C=NOCC(=O)Nc2ccccc2)cc1OC. The molecule has 0 saturated heterocycles. The van der Waals surface area contributed by atoms with Crippen molar-refractivity contribution in [1.29, 1.82) is 0 Å². The van der Waals surface area contributed by atoms with Crippen molar-refractivity contribution in [1.82, 2.24) is 0 Å². The van der Waals surface area contributed by atoms with E-state index in [0.717, 1.165) is 5.56 Å². The maximum Gasteiger partial charge on any atom is 0.265 e. The minimum Gasteiger partial charge on any atom is -0.493 e. The molecule has 2 rings (SSSR count). The van der Waals surface area contributed by atoms with Crippen LogP contribution in [0.5, 0.6) is 11.5 Å². The fourth-order valence-electron chi connectivity index (χ4n) is 1.95. The van der Waals surface area contributed by atoms with Gasteiger partial charge in [0.05, 0.1) is 19.9 Å². The molecule has 2 aromatic rings. The second kappa shape index (κ2) is 9.19. The number of carbonyl (C=O) groups excluding carboxylic acids is 1. The zero-order valence-electron chi connectivity index (χ0n) is 13.7. The molecule has 0 unspecified atom stereocenters. The number of amides is 1. The largest absolute Gasteiger partial charge is 0.493 e. The van der Waals surface area contributed by atoms with E-state index in [1.165, 1.54) is 6.21 Å². The minimum atomic E-state index is -0.275. The molecular weight excluding hydrogens is 308 g/mol. The molecular formula is C18H20N2O4. The fourth-order valence-corrected chi connectivity index (χ4v) is 1.95. The third-order valence-electron chi connectivity index (χ3n) is 3.02. The van der Waals surface area contributed by atoms with Gasteiger partial charge in [-0.1, -0.05) is 23.4 Å². The fraction of sp³-hybridized carbons (Fsp3) is 0.222. The van der Waals surface area contributed by atoms with Gasteiger partial charge in [-0.2, -0.15) is 0 Å². The van der Waals surface area contributed by atoms with Crippen LogP contribution in [-0.2, 0) is 9.63 Å². The smallest absolute Gasteiger partial charge is 0.265 e. The lowest BCUT2D eigenvalue weighted by molar-refractivity contribution is -0.120. The topological polar surface area (TPSA) is 69.2 Å². The first-order valence-corrected chi connectivity index (χ1v) is 7.54. The molecule has 0 heterocycles. The predicted molar refractivity (Wildman–Crippen MR) is 92.8 cm³/mol. The standard InChI is InChI=1S/C18H20N2O4/c1-3-23-16-10-9-14(11-17(16)22-2)12-19-24-13-18(21)20-15-7-5-4-6-8-15/h4-12H,3,13H2,1-2H3,(H,20,21). The summed E-state index contributed by atoms with van der Waals surface area (Å²) in [6, 6.07) is 14.6. The molecule has 0 bridgehead atoms. The normalized spacial score (nSPS) is 10.4. The quantitative estimate of drug-likeness (QED) is 0.597. The molecule has 0 fully saturated rings. The van der Waals surface area contributed by atoms with Crippen molar-refractivity contribution >= 4 is 17.8 Å². The van der Waals surface area contributed by atoms with Crippen molar-refractivity contribution in [2.75, 3.05) is 25.6 Å². The third kappa shape index (κ3) is 5.31. The summed E-state index contributed by atoms with van der Waals surface area (Å²) < 4.78 is 10.7. The van der Waals surface area contributed by atoms with Crippen LogP contribution in [0.15, 0.2) is 53.7 Å². The maximum atomic E-state index is 11.7. The van der Waals surface area contributed by atoms with Gasteiger partial charge >= 0.3 is 0 Å². The lowest BCUT2D eigenvalue weighted by Crippen LogP contribution is -2.16. The van der Waals surface area contributed by atoms with Gasteiger partial charge in [0.25, 0.3) is 5.91 Å². The highest BCUT2D eigenvalue weighted by molar-refractivity contribution is 5.91. The average molecular weight is 328 g/mol. The Bertz CT molecular complexity index is 687. The van der Waals surface area contributed by atoms with E-state index in [4.69, 9.17) is 14.3 Å². The molecule has 24 heavy (non-hydrogen) atoms. The summed E-state index contributed by atoms with van der Waals surface area (Å²) in [5.41, 5.74) is 1.49. The third-order valence-corrected chi connectivity index (χ3v) is 3.02. The van der Waals surface area contributed by atoms with E-state index in [9.17, 15) is 4.79 Å². The van der Waals surface area contributed by atoms with Gasteiger partial charge in [-0.15, -0.1) is 0 Å². The van der Waals surface area contributed by atoms with Crippen molar-refractivity contribution < 1.29 is 19.1 Å². The van der Waals surface area contributed by atoms with Crippen LogP contribution in [0.25, 0.3) is 0 Å². The van der Waals surface area contributed by atoms with Gasteiger partial charge in [0.15, 0.2) is 18.1 Å². The molecule has 0 aliphatic heterocycles. The molecule has 126 valence electrons. The van der Waals surface area contributed by atoms with E-state index < -0.39 is 0 Å². The van der Waals surface area contributed by atoms with Crippen LogP contribution in [0, 0.1) is 0 Å². The van der Waals surface area contributed by atoms with Gasteiger partial charge < -0.3 is 19.6 Å². The summed E-state index contributed by atoms with van der Waals surface area (Å²) in [5, 5.41) is 6.50. The van der Waals surface area contributed by atoms with Crippen molar-refractivity contribution in [2.24, 2.45) is 5.16 Å². The molecule has 2 aromatic carbocycles. The molecule has 0 aromatic heterocycles. The van der Waals surface area contributed by atoms with Gasteiger partial charge in [-0.25, -0.2) is 0 Å². The van der Waals surface area contributed by atoms with Gasteiger partial charge in [-0.3, -0.25) is 4.79 Å². The summed E-state index contributed by atoms with van der Waals surface area (Å²) in [6.07, 6.45) is 1.51. The van der Waals surface area contributed by atoms with Crippen LogP contribution < -0.4 is 14.8 Å². The monoisotopic (exact) mass is 328 g/mol. The van der Waals surface area contributed by atoms with E-state index >= 15 is 0 Å². The van der Waals surface area contributed by atoms with E-state index in [2.05, 4.69) is 10.5 Å². The lowest BCUT2D eigenvalue weighted by Gasteiger charge is -2.09. The lowest BCUT2D eigenvalue weighted by atomic mass is 10.2. The summed E-state index contributed by atoms with van der Waals surface area (Å²) in [6.45, 7) is 2.30. The number of para-hydroxylation sites is 1. The van der Waals surface area contributed by atoms with Crippen LogP contribution in [-0.4, -0.2) is 32.4 Å². The summed E-state index contributed by atoms with van der Waals surface area (Å²) >= 11 is 0. The zero-order chi connectivity index (χ0) is 17.2. The van der Waals surface area contributed by atoms with Gasteiger partial charge in [0.2, 0.25) is 0 Å². The molecule has 0 spiro atoms. The number of anilines is 1. The Morgan fingerprint density at radius 1 is 1.17 bits per heavy atom. The number of hydrogen-bond donors (Lipinski definition) is 1. The number of methoxy groups -OCH3 is 1. The molecule has 6 heteroatoms. The van der Waals surface area contributed by atoms with Crippen LogP contribution >= 0.6 is 0 Å². The molecule has 6 nitrogen and oxygen atoms in total. The molecule has 1 N–H and O–H groups in total. The Balaban J connectivity index is 1.84. The second-order valence-electron chi connectivity index (χ2n) is 4.77. The molecule has 0 atom stereocenters. The maximum absolute atomic E-state index is 11.7. The highest BCUT2D eigenvalue weighted by Crippen LogP contribution is 2.27. The van der Waals surface area contributed by atoms with E-state index in [1.54, 1.807) is 31.4 Å². The summed E-state index contributed by atoms with van der Waals surface area (Å²) in [7, 11) is 1.57. The number of rotatable bonds is 8. The Hall–Kier alpha value is -3.02. The van der Waals surface area contributed by atoms with E-state index in [1.807, 2.05) is 31.2 Å². The van der Waals surface area contributed by atoms with Gasteiger partial charge in [-0.05, 0) is 37.3 Å². The molecule has 0 aliphatic rings. The van der Waals surface area contributed by atoms with Crippen molar-refractivity contribution in [3.8, 4) is 11.5 Å². The molecule has 0 aliphatic carbocycles. The van der Waals surface area contributed by atoms with Gasteiger partial charge in [0, 0.05) is 11.3 Å². The Morgan fingerprint density at radius 2 is 1.96 bits per heavy atom. The van der Waals surface area contributed by atoms with Crippen molar-refractivity contribution in [3.05, 3.63) is 54.1 Å². The Morgan fingerprint density at radius 3 is 2.67 bits per heavy atom. The average Bonchev–Trinajstić information content (AvgIpc) is 2.61. The Kier molecular flexibility index (Phi) is 6.64. The van der Waals surface area contributed by atoms with Crippen LogP contribution in [0.4, 0.5) is 5.69 Å². The number of hydrogen-bond acceptors (Lipinski definition) is 5. The summed E-state index contributed by atoms with van der Waals surface area (Å²) in [4.78, 5) is 16.7. The molecule has 0 radical (unpaired) electrons. The summed E-state index contributed by atoms with van der Waals surface area (Å²) in [5.74, 6) is 1.01.